The molecule has 0 fully saturated rings. The van der Waals surface area contributed by atoms with Gasteiger partial charge in [-0.05, 0) is 0 Å². The summed E-state index contributed by atoms with van der Waals surface area (Å²) in [6, 6.07) is -1.13. The van der Waals surface area contributed by atoms with Crippen LogP contribution in [0, 0.1) is 5.92 Å². The Morgan fingerprint density at radius 1 is 1.33 bits per heavy atom. The average Bonchev–Trinajstić information content (AvgIpc) is 2.00. The molecular weight excluding hydrogens is 182 g/mol. The van der Waals surface area contributed by atoms with E-state index in [9.17, 15) is 9.59 Å². The van der Waals surface area contributed by atoms with Crippen LogP contribution in [0.1, 0.15) is 13.8 Å². The smallest absolute Gasteiger partial charge is 0.330 e. The van der Waals surface area contributed by atoms with Crippen molar-refractivity contribution in [3.05, 3.63) is 0 Å². The van der Waals surface area contributed by atoms with Crippen molar-refractivity contribution in [2.24, 2.45) is 11.7 Å². The molecule has 0 aromatic carbocycles. The quantitative estimate of drug-likeness (QED) is 0.514. The van der Waals surface area contributed by atoms with E-state index in [0.29, 0.717) is 0 Å². The number of rotatable bonds is 3. The largest absolute Gasteiger partial charge is 0.468 e. The first kappa shape index (κ1) is 13.9. The molecule has 0 heterocycles. The van der Waals surface area contributed by atoms with Crippen molar-refractivity contribution in [3.8, 4) is 0 Å². The molecule has 0 saturated heterocycles. The second-order valence-corrected chi connectivity index (χ2v) is 2.56. The van der Waals surface area contributed by atoms with Crippen LogP contribution in [0.5, 0.6) is 0 Å². The van der Waals surface area contributed by atoms with E-state index in [-0.39, 0.29) is 24.1 Å². The Morgan fingerprint density at radius 2 is 1.75 bits per heavy atom. The number of hydrogen-bond donors (Lipinski definition) is 1. The molecular formula is C7H14ClNO3. The molecule has 0 unspecified atom stereocenters. The third-order valence-electron chi connectivity index (χ3n) is 1.33. The lowest BCUT2D eigenvalue weighted by molar-refractivity contribution is -0.146. The molecule has 1 atom stereocenters. The Balaban J connectivity index is 0. The first-order chi connectivity index (χ1) is 5.00. The lowest BCUT2D eigenvalue weighted by Gasteiger charge is -2.09. The number of halogens is 1. The first-order valence-corrected chi connectivity index (χ1v) is 3.37. The molecule has 0 aliphatic carbocycles. The summed E-state index contributed by atoms with van der Waals surface area (Å²) in [4.78, 5) is 21.7. The third-order valence-corrected chi connectivity index (χ3v) is 1.33. The molecule has 2 N–H and O–H groups in total. The summed E-state index contributed by atoms with van der Waals surface area (Å²) in [5.74, 6) is -1.20. The Hall–Kier alpha value is -0.610. The predicted octanol–water partition coefficient (Wildman–Crippen LogP) is 0.134. The highest BCUT2D eigenvalue weighted by Crippen LogP contribution is 1.98. The highest BCUT2D eigenvalue weighted by Gasteiger charge is 2.24. The van der Waals surface area contributed by atoms with Gasteiger partial charge < -0.3 is 10.5 Å². The number of ether oxygens (including phenoxy) is 1. The Labute approximate surface area is 77.9 Å². The van der Waals surface area contributed by atoms with Crippen molar-refractivity contribution in [1.82, 2.24) is 0 Å². The van der Waals surface area contributed by atoms with Crippen molar-refractivity contribution in [1.29, 1.82) is 0 Å². The van der Waals surface area contributed by atoms with E-state index in [2.05, 4.69) is 4.74 Å². The molecule has 5 heteroatoms. The van der Waals surface area contributed by atoms with Crippen molar-refractivity contribution in [3.63, 3.8) is 0 Å². The molecule has 12 heavy (non-hydrogen) atoms. The van der Waals surface area contributed by atoms with Gasteiger partial charge in [-0.2, -0.15) is 0 Å². The van der Waals surface area contributed by atoms with E-state index >= 15 is 0 Å². The predicted molar refractivity (Wildman–Crippen MR) is 47.1 cm³/mol. The first-order valence-electron chi connectivity index (χ1n) is 3.37. The van der Waals surface area contributed by atoms with E-state index in [4.69, 9.17) is 5.73 Å². The van der Waals surface area contributed by atoms with E-state index in [1.54, 1.807) is 13.8 Å². The lowest BCUT2D eigenvalue weighted by atomic mass is 10.0. The van der Waals surface area contributed by atoms with Crippen molar-refractivity contribution in [2.45, 2.75) is 19.9 Å². The topological polar surface area (TPSA) is 69.4 Å². The van der Waals surface area contributed by atoms with Crippen molar-refractivity contribution >= 4 is 24.2 Å². The maximum atomic E-state index is 11.0. The molecule has 0 aliphatic rings. The second-order valence-electron chi connectivity index (χ2n) is 2.56. The molecule has 0 spiro atoms. The van der Waals surface area contributed by atoms with Gasteiger partial charge in [-0.15, -0.1) is 12.4 Å². The second kappa shape index (κ2) is 5.97. The number of Topliss-reactive ketones (excluding diaryl/α,β-unsaturated/α-hetero) is 1. The number of carbonyl (C=O) groups excluding carboxylic acids is 2. The maximum Gasteiger partial charge on any atom is 0.330 e. The summed E-state index contributed by atoms with van der Waals surface area (Å²) in [7, 11) is 1.20. The van der Waals surface area contributed by atoms with Gasteiger partial charge in [0.25, 0.3) is 0 Å². The molecule has 0 bridgehead atoms. The van der Waals surface area contributed by atoms with E-state index in [1.807, 2.05) is 0 Å². The normalized spacial score (nSPS) is 11.8. The molecule has 72 valence electrons. The SMILES string of the molecule is COC(=O)[C@@H](N)C(=O)C(C)C.Cl. The van der Waals surface area contributed by atoms with Gasteiger partial charge in [0, 0.05) is 5.92 Å². The highest BCUT2D eigenvalue weighted by atomic mass is 35.5. The van der Waals surface area contributed by atoms with Crippen LogP contribution in [-0.4, -0.2) is 24.9 Å². The number of nitrogens with two attached hydrogens (primary N) is 1. The van der Waals surface area contributed by atoms with Crippen LogP contribution in [-0.2, 0) is 14.3 Å². The number of esters is 1. The minimum atomic E-state index is -1.13. The summed E-state index contributed by atoms with van der Waals surface area (Å²) in [6.07, 6.45) is 0. The van der Waals surface area contributed by atoms with Crippen LogP contribution in [0.4, 0.5) is 0 Å². The monoisotopic (exact) mass is 195 g/mol. The van der Waals surface area contributed by atoms with Gasteiger partial charge in [0.1, 0.15) is 0 Å². The molecule has 0 aliphatic heterocycles. The Kier molecular flexibility index (Phi) is 6.94. The zero-order valence-corrected chi connectivity index (χ0v) is 8.18. The van der Waals surface area contributed by atoms with Gasteiger partial charge in [-0.3, -0.25) is 4.79 Å². The summed E-state index contributed by atoms with van der Waals surface area (Å²) < 4.78 is 4.30. The van der Waals surface area contributed by atoms with E-state index in [0.717, 1.165) is 0 Å². The lowest BCUT2D eigenvalue weighted by Crippen LogP contribution is -2.41. The van der Waals surface area contributed by atoms with Gasteiger partial charge in [-0.25, -0.2) is 4.79 Å². The van der Waals surface area contributed by atoms with Crippen molar-refractivity contribution in [2.75, 3.05) is 7.11 Å². The van der Waals surface area contributed by atoms with Crippen LogP contribution in [0.2, 0.25) is 0 Å². The zero-order chi connectivity index (χ0) is 9.02. The summed E-state index contributed by atoms with van der Waals surface area (Å²) >= 11 is 0. The van der Waals surface area contributed by atoms with Crippen LogP contribution >= 0.6 is 12.4 Å². The number of methoxy groups -OCH3 is 1. The van der Waals surface area contributed by atoms with E-state index < -0.39 is 12.0 Å². The molecule has 0 radical (unpaired) electrons. The third kappa shape index (κ3) is 3.69. The van der Waals surface area contributed by atoms with Crippen LogP contribution in [0.3, 0.4) is 0 Å². The summed E-state index contributed by atoms with van der Waals surface area (Å²) in [5.41, 5.74) is 5.25. The fraction of sp³-hybridized carbons (Fsp3) is 0.714. The fourth-order valence-electron chi connectivity index (χ4n) is 0.602. The van der Waals surface area contributed by atoms with Crippen LogP contribution in [0.15, 0.2) is 0 Å². The summed E-state index contributed by atoms with van der Waals surface area (Å²) in [5, 5.41) is 0. The van der Waals surface area contributed by atoms with Crippen LogP contribution < -0.4 is 5.73 Å². The minimum absolute atomic E-state index is 0. The highest BCUT2D eigenvalue weighted by molar-refractivity contribution is 6.03. The van der Waals surface area contributed by atoms with Crippen LogP contribution in [0.25, 0.3) is 0 Å². The van der Waals surface area contributed by atoms with Gasteiger partial charge in [0.2, 0.25) is 0 Å². The van der Waals surface area contributed by atoms with Crippen molar-refractivity contribution < 1.29 is 14.3 Å². The maximum absolute atomic E-state index is 11.0. The minimum Gasteiger partial charge on any atom is -0.468 e. The zero-order valence-electron chi connectivity index (χ0n) is 7.37. The summed E-state index contributed by atoms with van der Waals surface area (Å²) in [6.45, 7) is 3.37. The molecule has 0 saturated carbocycles. The average molecular weight is 196 g/mol. The number of carbonyl (C=O) groups is 2. The fourth-order valence-corrected chi connectivity index (χ4v) is 0.602. The molecule has 0 amide bonds. The Morgan fingerprint density at radius 3 is 2.00 bits per heavy atom. The molecule has 0 aromatic heterocycles. The van der Waals surface area contributed by atoms with Gasteiger partial charge in [0.15, 0.2) is 11.8 Å². The van der Waals surface area contributed by atoms with Gasteiger partial charge >= 0.3 is 5.97 Å². The molecule has 4 nitrogen and oxygen atoms in total. The van der Waals surface area contributed by atoms with E-state index in [1.165, 1.54) is 7.11 Å². The van der Waals surface area contributed by atoms with Gasteiger partial charge in [0.05, 0.1) is 7.11 Å². The standard InChI is InChI=1S/C7H13NO3.ClH/c1-4(2)6(9)5(8)7(10)11-3;/h4-5H,8H2,1-3H3;1H/t5-;/m0./s1. The molecule has 0 aromatic rings. The molecule has 0 rings (SSSR count). The van der Waals surface area contributed by atoms with Gasteiger partial charge in [-0.1, -0.05) is 13.8 Å². The Bertz CT molecular complexity index is 170. The number of ketones is 1. The number of hydrogen-bond acceptors (Lipinski definition) is 4.